The lowest BCUT2D eigenvalue weighted by molar-refractivity contribution is -0.131. The number of carbonyl (C=O) groups is 1. The molecule has 148 valence electrons. The van der Waals surface area contributed by atoms with Crippen molar-refractivity contribution < 1.29 is 13.2 Å². The van der Waals surface area contributed by atoms with Crippen LogP contribution in [0.25, 0.3) is 0 Å². The number of carbonyl (C=O) groups excluding carboxylic acids is 1. The van der Waals surface area contributed by atoms with Gasteiger partial charge in [0.1, 0.15) is 0 Å². The van der Waals surface area contributed by atoms with Gasteiger partial charge in [-0.2, -0.15) is 4.31 Å². The summed E-state index contributed by atoms with van der Waals surface area (Å²) in [6.45, 7) is 6.40. The summed E-state index contributed by atoms with van der Waals surface area (Å²) in [5.41, 5.74) is 0.977. The number of sulfonamides is 1. The summed E-state index contributed by atoms with van der Waals surface area (Å²) in [5.74, 6) is 0.133. The third-order valence-corrected chi connectivity index (χ3v) is 6.93. The molecule has 1 aliphatic rings. The number of benzene rings is 1. The van der Waals surface area contributed by atoms with E-state index in [9.17, 15) is 13.2 Å². The molecule has 1 heterocycles. The van der Waals surface area contributed by atoms with Gasteiger partial charge in [-0.3, -0.25) is 4.79 Å². The molecule has 6 nitrogen and oxygen atoms in total. The van der Waals surface area contributed by atoms with E-state index >= 15 is 0 Å². The molecule has 8 heteroatoms. The molecule has 0 aromatic heterocycles. The zero-order valence-electron chi connectivity index (χ0n) is 15.8. The average Bonchev–Trinajstić information content (AvgIpc) is 3.14. The van der Waals surface area contributed by atoms with Crippen LogP contribution in [0.3, 0.4) is 0 Å². The molecule has 26 heavy (non-hydrogen) atoms. The van der Waals surface area contributed by atoms with Gasteiger partial charge in [0.05, 0.1) is 4.90 Å². The lowest BCUT2D eigenvalue weighted by atomic mass is 10.1. The van der Waals surface area contributed by atoms with Crippen LogP contribution in [-0.4, -0.2) is 62.8 Å². The van der Waals surface area contributed by atoms with Gasteiger partial charge in [0, 0.05) is 39.1 Å². The highest BCUT2D eigenvalue weighted by Crippen LogP contribution is 2.17. The molecule has 0 aliphatic carbocycles. The Morgan fingerprint density at radius 3 is 2.31 bits per heavy atom. The Hall–Kier alpha value is -1.15. The number of nitrogens with one attached hydrogen (secondary N) is 1. The summed E-state index contributed by atoms with van der Waals surface area (Å²) in [4.78, 5) is 14.4. The van der Waals surface area contributed by atoms with Crippen LogP contribution in [0.1, 0.15) is 32.3 Å². The summed E-state index contributed by atoms with van der Waals surface area (Å²) in [6.07, 6.45) is 2.06. The third kappa shape index (κ3) is 5.42. The van der Waals surface area contributed by atoms with Gasteiger partial charge in [-0.05, 0) is 37.1 Å². The first-order valence-corrected chi connectivity index (χ1v) is 10.4. The van der Waals surface area contributed by atoms with E-state index in [4.69, 9.17) is 0 Å². The minimum Gasteiger partial charge on any atom is -0.341 e. The zero-order chi connectivity index (χ0) is 18.4. The maximum Gasteiger partial charge on any atom is 0.243 e. The lowest BCUT2D eigenvalue weighted by Gasteiger charge is -2.23. The fourth-order valence-electron chi connectivity index (χ4n) is 3.14. The smallest absolute Gasteiger partial charge is 0.243 e. The van der Waals surface area contributed by atoms with Gasteiger partial charge < -0.3 is 10.2 Å². The van der Waals surface area contributed by atoms with E-state index in [1.165, 1.54) is 4.31 Å². The number of rotatable bonds is 8. The Balaban J connectivity index is 0.00000338. The number of halogens is 1. The van der Waals surface area contributed by atoms with Crippen molar-refractivity contribution in [3.63, 3.8) is 0 Å². The minimum absolute atomic E-state index is 0. The van der Waals surface area contributed by atoms with Crippen LogP contribution in [0, 0.1) is 0 Å². The normalized spacial score (nSPS) is 17.2. The second kappa shape index (κ2) is 10.3. The molecule has 1 aliphatic heterocycles. The standard InChI is InChI=1S/C18H29N3O3S.ClH/c1-4-21(5-2)25(23,24)17-9-6-15(7-10-17)8-11-18(22)20(3)16-12-13-19-14-16;/h6-7,9-10,16,19H,4-5,8,11-14H2,1-3H3;1H. The largest absolute Gasteiger partial charge is 0.341 e. The summed E-state index contributed by atoms with van der Waals surface area (Å²) in [7, 11) is -1.56. The van der Waals surface area contributed by atoms with Gasteiger partial charge >= 0.3 is 0 Å². The summed E-state index contributed by atoms with van der Waals surface area (Å²) in [6, 6.07) is 7.17. The van der Waals surface area contributed by atoms with E-state index in [1.54, 1.807) is 24.3 Å². The van der Waals surface area contributed by atoms with Crippen molar-refractivity contribution in [2.75, 3.05) is 33.2 Å². The van der Waals surface area contributed by atoms with E-state index in [2.05, 4.69) is 5.32 Å². The molecule has 1 atom stereocenters. The topological polar surface area (TPSA) is 69.7 Å². The van der Waals surface area contributed by atoms with Crippen LogP contribution >= 0.6 is 12.4 Å². The fraction of sp³-hybridized carbons (Fsp3) is 0.611. The van der Waals surface area contributed by atoms with E-state index in [-0.39, 0.29) is 24.4 Å². The molecule has 1 fully saturated rings. The predicted octanol–water partition coefficient (Wildman–Crippen LogP) is 1.89. The quantitative estimate of drug-likeness (QED) is 0.719. The molecule has 1 N–H and O–H groups in total. The number of likely N-dealkylation sites (N-methyl/N-ethyl adjacent to an activating group) is 1. The maximum absolute atomic E-state index is 12.5. The van der Waals surface area contributed by atoms with Crippen molar-refractivity contribution in [1.82, 2.24) is 14.5 Å². The molecule has 1 saturated heterocycles. The summed E-state index contributed by atoms with van der Waals surface area (Å²) in [5, 5.41) is 3.27. The molecule has 0 bridgehead atoms. The molecular weight excluding hydrogens is 374 g/mol. The minimum atomic E-state index is -3.42. The van der Waals surface area contributed by atoms with Gasteiger partial charge in [-0.25, -0.2) is 8.42 Å². The maximum atomic E-state index is 12.5. The molecule has 1 aromatic carbocycles. The molecule has 1 amide bonds. The van der Waals surface area contributed by atoms with E-state index in [0.717, 1.165) is 25.1 Å². The van der Waals surface area contributed by atoms with Crippen LogP contribution in [0.5, 0.6) is 0 Å². The van der Waals surface area contributed by atoms with Crippen LogP contribution in [0.4, 0.5) is 0 Å². The third-order valence-electron chi connectivity index (χ3n) is 4.87. The van der Waals surface area contributed by atoms with Crippen LogP contribution in [0.15, 0.2) is 29.2 Å². The first kappa shape index (κ1) is 22.9. The van der Waals surface area contributed by atoms with Gasteiger partial charge in [0.15, 0.2) is 0 Å². The SMILES string of the molecule is CCN(CC)S(=O)(=O)c1ccc(CCC(=O)N(C)C2CCNC2)cc1.Cl. The number of aryl methyl sites for hydroxylation is 1. The Bertz CT molecular complexity index is 669. The van der Waals surface area contributed by atoms with Crippen LogP contribution < -0.4 is 5.32 Å². The Kier molecular flexibility index (Phi) is 9.03. The van der Waals surface area contributed by atoms with E-state index in [1.807, 2.05) is 25.8 Å². The monoisotopic (exact) mass is 403 g/mol. The van der Waals surface area contributed by atoms with Gasteiger partial charge in [0.2, 0.25) is 15.9 Å². The Labute approximate surface area is 163 Å². The first-order chi connectivity index (χ1) is 11.9. The summed E-state index contributed by atoms with van der Waals surface area (Å²) < 4.78 is 26.4. The van der Waals surface area contributed by atoms with Crippen molar-refractivity contribution >= 4 is 28.3 Å². The highest BCUT2D eigenvalue weighted by molar-refractivity contribution is 7.89. The van der Waals surface area contributed by atoms with Gasteiger partial charge in [-0.15, -0.1) is 12.4 Å². The zero-order valence-corrected chi connectivity index (χ0v) is 17.4. The highest BCUT2D eigenvalue weighted by Gasteiger charge is 2.23. The molecule has 2 rings (SSSR count). The number of amides is 1. The van der Waals surface area contributed by atoms with Crippen molar-refractivity contribution in [2.24, 2.45) is 0 Å². The Morgan fingerprint density at radius 1 is 1.19 bits per heavy atom. The second-order valence-electron chi connectivity index (χ2n) is 6.38. The lowest BCUT2D eigenvalue weighted by Crippen LogP contribution is -2.38. The molecule has 0 radical (unpaired) electrons. The first-order valence-electron chi connectivity index (χ1n) is 8.95. The van der Waals surface area contributed by atoms with Gasteiger partial charge in [-0.1, -0.05) is 26.0 Å². The van der Waals surface area contributed by atoms with Crippen LogP contribution in [0.2, 0.25) is 0 Å². The highest BCUT2D eigenvalue weighted by atomic mass is 35.5. The predicted molar refractivity (Wildman–Crippen MR) is 106 cm³/mol. The number of nitrogens with zero attached hydrogens (tertiary/aromatic N) is 2. The number of hydrogen-bond acceptors (Lipinski definition) is 4. The Morgan fingerprint density at radius 2 is 1.81 bits per heavy atom. The molecule has 1 aromatic rings. The van der Waals surface area contributed by atoms with E-state index < -0.39 is 10.0 Å². The molecule has 1 unspecified atom stereocenters. The second-order valence-corrected chi connectivity index (χ2v) is 8.32. The van der Waals surface area contributed by atoms with Crippen molar-refractivity contribution in [2.45, 2.75) is 44.0 Å². The van der Waals surface area contributed by atoms with Crippen molar-refractivity contribution in [1.29, 1.82) is 0 Å². The fourth-order valence-corrected chi connectivity index (χ4v) is 4.60. The van der Waals surface area contributed by atoms with Gasteiger partial charge in [0.25, 0.3) is 0 Å². The average molecular weight is 404 g/mol. The van der Waals surface area contributed by atoms with E-state index in [0.29, 0.717) is 30.8 Å². The van der Waals surface area contributed by atoms with Crippen molar-refractivity contribution in [3.05, 3.63) is 29.8 Å². The van der Waals surface area contributed by atoms with Crippen molar-refractivity contribution in [3.8, 4) is 0 Å². The molecule has 0 spiro atoms. The summed E-state index contributed by atoms with van der Waals surface area (Å²) >= 11 is 0. The molecule has 0 saturated carbocycles. The number of hydrogen-bond donors (Lipinski definition) is 1. The van der Waals surface area contributed by atoms with Crippen LogP contribution in [-0.2, 0) is 21.2 Å². The molecular formula is C18H30ClN3O3S.